The van der Waals surface area contributed by atoms with Crippen LogP contribution in [0.4, 0.5) is 4.79 Å². The molecule has 0 aliphatic carbocycles. The fraction of sp³-hybridized carbons (Fsp3) is 0. The number of aromatic nitrogens is 1. The van der Waals surface area contributed by atoms with Crippen LogP contribution in [0, 0.1) is 0 Å². The number of aromatic amines is 1. The predicted molar refractivity (Wildman–Crippen MR) is 48.5 cm³/mol. The minimum atomic E-state index is -0.800. The largest absolute Gasteiger partial charge is 0.410 e. The Labute approximate surface area is 74.3 Å². The number of hydrogen-bond acceptors (Lipinski definition) is 2. The highest BCUT2D eigenvalue weighted by Crippen LogP contribution is 2.19. The molecular formula is C9H8N2O2. The Hall–Kier alpha value is -1.97. The minimum absolute atomic E-state index is 0.447. The van der Waals surface area contributed by atoms with Crippen molar-refractivity contribution < 1.29 is 9.53 Å². The van der Waals surface area contributed by atoms with Gasteiger partial charge >= 0.3 is 6.09 Å². The van der Waals surface area contributed by atoms with Crippen LogP contribution >= 0.6 is 0 Å². The third kappa shape index (κ3) is 1.46. The normalized spacial score (nSPS) is 10.2. The zero-order valence-corrected chi connectivity index (χ0v) is 6.78. The topological polar surface area (TPSA) is 68.1 Å². The van der Waals surface area contributed by atoms with E-state index in [4.69, 9.17) is 10.5 Å². The third-order valence-corrected chi connectivity index (χ3v) is 1.74. The lowest BCUT2D eigenvalue weighted by atomic mass is 10.2. The molecule has 0 saturated heterocycles. The van der Waals surface area contributed by atoms with Crippen LogP contribution in [0.5, 0.6) is 5.75 Å². The minimum Gasteiger partial charge on any atom is -0.410 e. The lowest BCUT2D eigenvalue weighted by molar-refractivity contribution is 0.211. The van der Waals surface area contributed by atoms with E-state index in [0.717, 1.165) is 10.9 Å². The Bertz CT molecular complexity index is 448. The van der Waals surface area contributed by atoms with Gasteiger partial charge in [0.1, 0.15) is 5.75 Å². The molecule has 0 fully saturated rings. The molecule has 0 spiro atoms. The van der Waals surface area contributed by atoms with E-state index >= 15 is 0 Å². The summed E-state index contributed by atoms with van der Waals surface area (Å²) in [6.45, 7) is 0. The highest BCUT2D eigenvalue weighted by atomic mass is 16.5. The molecule has 2 aromatic rings. The monoisotopic (exact) mass is 176 g/mol. The molecule has 1 aromatic carbocycles. The SMILES string of the molecule is NC(=O)Oc1ccc2cc[nH]c2c1. The van der Waals surface area contributed by atoms with E-state index in [9.17, 15) is 4.79 Å². The van der Waals surface area contributed by atoms with E-state index in [0.29, 0.717) is 5.75 Å². The number of amides is 1. The molecule has 0 aliphatic rings. The van der Waals surface area contributed by atoms with Crippen LogP contribution in [0.3, 0.4) is 0 Å². The molecule has 0 bridgehead atoms. The first kappa shape index (κ1) is 7.67. The lowest BCUT2D eigenvalue weighted by Crippen LogP contribution is -2.16. The van der Waals surface area contributed by atoms with Gasteiger partial charge in [0, 0.05) is 17.8 Å². The molecule has 4 heteroatoms. The summed E-state index contributed by atoms with van der Waals surface area (Å²) in [6.07, 6.45) is 1.02. The van der Waals surface area contributed by atoms with Crippen LogP contribution in [-0.2, 0) is 0 Å². The molecule has 2 rings (SSSR count). The molecule has 3 N–H and O–H groups in total. The van der Waals surface area contributed by atoms with Gasteiger partial charge in [-0.25, -0.2) is 4.79 Å². The van der Waals surface area contributed by atoms with Gasteiger partial charge in [-0.05, 0) is 23.6 Å². The van der Waals surface area contributed by atoms with Crippen molar-refractivity contribution in [3.63, 3.8) is 0 Å². The van der Waals surface area contributed by atoms with Gasteiger partial charge in [0.25, 0.3) is 0 Å². The zero-order valence-electron chi connectivity index (χ0n) is 6.78. The highest BCUT2D eigenvalue weighted by molar-refractivity contribution is 5.81. The standard InChI is InChI=1S/C9H8N2O2/c10-9(12)13-7-2-1-6-3-4-11-8(6)5-7/h1-5,11H,(H2,10,12). The number of carbonyl (C=O) groups excluding carboxylic acids is 1. The first-order valence-corrected chi connectivity index (χ1v) is 3.80. The van der Waals surface area contributed by atoms with Gasteiger partial charge in [0.05, 0.1) is 0 Å². The van der Waals surface area contributed by atoms with Gasteiger partial charge in [-0.15, -0.1) is 0 Å². The second-order valence-corrected chi connectivity index (χ2v) is 2.65. The predicted octanol–water partition coefficient (Wildman–Crippen LogP) is 1.63. The van der Waals surface area contributed by atoms with Crippen LogP contribution in [0.1, 0.15) is 0 Å². The molecule has 0 aliphatic heterocycles. The second-order valence-electron chi connectivity index (χ2n) is 2.65. The highest BCUT2D eigenvalue weighted by Gasteiger charge is 2.00. The average Bonchev–Trinajstić information content (AvgIpc) is 2.49. The van der Waals surface area contributed by atoms with E-state index in [1.54, 1.807) is 12.1 Å². The zero-order chi connectivity index (χ0) is 9.26. The Morgan fingerprint density at radius 3 is 3.00 bits per heavy atom. The number of rotatable bonds is 1. The number of primary amides is 1. The number of carbonyl (C=O) groups is 1. The molecule has 13 heavy (non-hydrogen) atoms. The Morgan fingerprint density at radius 1 is 1.38 bits per heavy atom. The maximum Gasteiger partial charge on any atom is 0.409 e. The number of benzene rings is 1. The first-order valence-electron chi connectivity index (χ1n) is 3.80. The van der Waals surface area contributed by atoms with Crippen LogP contribution in [0.2, 0.25) is 0 Å². The van der Waals surface area contributed by atoms with E-state index < -0.39 is 6.09 Å². The summed E-state index contributed by atoms with van der Waals surface area (Å²) >= 11 is 0. The van der Waals surface area contributed by atoms with Gasteiger partial charge in [-0.1, -0.05) is 0 Å². The maximum atomic E-state index is 10.4. The Balaban J connectivity index is 2.42. The van der Waals surface area contributed by atoms with Gasteiger partial charge in [0.15, 0.2) is 0 Å². The van der Waals surface area contributed by atoms with Crippen LogP contribution < -0.4 is 10.5 Å². The van der Waals surface area contributed by atoms with E-state index in [1.807, 2.05) is 18.3 Å². The Kier molecular flexibility index (Phi) is 1.66. The maximum absolute atomic E-state index is 10.4. The van der Waals surface area contributed by atoms with Gasteiger partial charge in [-0.3, -0.25) is 0 Å². The molecular weight excluding hydrogens is 168 g/mol. The van der Waals surface area contributed by atoms with Gasteiger partial charge < -0.3 is 15.5 Å². The van der Waals surface area contributed by atoms with Crippen molar-refractivity contribution >= 4 is 17.0 Å². The van der Waals surface area contributed by atoms with Gasteiger partial charge in [0.2, 0.25) is 0 Å². The van der Waals surface area contributed by atoms with Crippen molar-refractivity contribution in [3.05, 3.63) is 30.5 Å². The molecule has 0 unspecified atom stereocenters. The summed E-state index contributed by atoms with van der Waals surface area (Å²) in [4.78, 5) is 13.4. The van der Waals surface area contributed by atoms with Crippen molar-refractivity contribution in [1.82, 2.24) is 4.98 Å². The lowest BCUT2D eigenvalue weighted by Gasteiger charge is -1.99. The van der Waals surface area contributed by atoms with Crippen LogP contribution in [-0.4, -0.2) is 11.1 Å². The molecule has 0 atom stereocenters. The second kappa shape index (κ2) is 2.82. The summed E-state index contributed by atoms with van der Waals surface area (Å²) in [5.41, 5.74) is 5.79. The van der Waals surface area contributed by atoms with Crippen molar-refractivity contribution in [1.29, 1.82) is 0 Å². The van der Waals surface area contributed by atoms with Gasteiger partial charge in [-0.2, -0.15) is 0 Å². The molecule has 1 aromatic heterocycles. The number of ether oxygens (including phenoxy) is 1. The van der Waals surface area contributed by atoms with Crippen LogP contribution in [0.15, 0.2) is 30.5 Å². The van der Waals surface area contributed by atoms with Crippen LogP contribution in [0.25, 0.3) is 10.9 Å². The van der Waals surface area contributed by atoms with E-state index in [1.165, 1.54) is 0 Å². The van der Waals surface area contributed by atoms with E-state index in [2.05, 4.69) is 4.98 Å². The molecule has 1 amide bonds. The van der Waals surface area contributed by atoms with Crippen molar-refractivity contribution in [3.8, 4) is 5.75 Å². The number of nitrogens with one attached hydrogen (secondary N) is 1. The molecule has 0 saturated carbocycles. The third-order valence-electron chi connectivity index (χ3n) is 1.74. The van der Waals surface area contributed by atoms with Crippen molar-refractivity contribution in [2.45, 2.75) is 0 Å². The number of fused-ring (bicyclic) bond motifs is 1. The summed E-state index contributed by atoms with van der Waals surface area (Å²) in [7, 11) is 0. The number of nitrogens with two attached hydrogens (primary N) is 1. The van der Waals surface area contributed by atoms with Crippen molar-refractivity contribution in [2.75, 3.05) is 0 Å². The molecule has 1 heterocycles. The summed E-state index contributed by atoms with van der Waals surface area (Å²) in [5.74, 6) is 0.447. The smallest absolute Gasteiger partial charge is 0.409 e. The summed E-state index contributed by atoms with van der Waals surface area (Å²) in [5, 5.41) is 1.07. The molecule has 0 radical (unpaired) electrons. The fourth-order valence-electron chi connectivity index (χ4n) is 1.21. The summed E-state index contributed by atoms with van der Waals surface area (Å²) < 4.78 is 4.71. The first-order chi connectivity index (χ1) is 6.25. The quantitative estimate of drug-likeness (QED) is 0.693. The molecule has 4 nitrogen and oxygen atoms in total. The molecule has 66 valence electrons. The average molecular weight is 176 g/mol. The number of hydrogen-bond donors (Lipinski definition) is 2. The Morgan fingerprint density at radius 2 is 2.23 bits per heavy atom. The van der Waals surface area contributed by atoms with Crippen molar-refractivity contribution in [2.24, 2.45) is 5.73 Å². The summed E-state index contributed by atoms with van der Waals surface area (Å²) in [6, 6.07) is 7.20. The number of H-pyrrole nitrogens is 1. The van der Waals surface area contributed by atoms with E-state index in [-0.39, 0.29) is 0 Å². The fourth-order valence-corrected chi connectivity index (χ4v) is 1.21.